The van der Waals surface area contributed by atoms with Crippen molar-refractivity contribution in [3.05, 3.63) is 47.9 Å². The molecule has 0 bridgehead atoms. The number of aromatic nitrogens is 1. The number of ether oxygens (including phenoxy) is 2. The van der Waals surface area contributed by atoms with Crippen LogP contribution in [-0.4, -0.2) is 33.6 Å². The Morgan fingerprint density at radius 3 is 2.26 bits per heavy atom. The molecule has 0 aliphatic heterocycles. The van der Waals surface area contributed by atoms with E-state index in [9.17, 15) is 22.7 Å². The number of fused-ring (bicyclic) bond motifs is 1. The highest BCUT2D eigenvalue weighted by Gasteiger charge is 2.22. The van der Waals surface area contributed by atoms with E-state index in [-0.39, 0.29) is 21.7 Å². The third-order valence-corrected chi connectivity index (χ3v) is 5.23. The largest absolute Gasteiger partial charge is 0.543 e. The van der Waals surface area contributed by atoms with Crippen molar-refractivity contribution in [2.24, 2.45) is 0 Å². The summed E-state index contributed by atoms with van der Waals surface area (Å²) in [6.07, 6.45) is 0. The molecular formula is C17H14FN2O6S-. The number of aromatic amines is 1. The highest BCUT2D eigenvalue weighted by Crippen LogP contribution is 2.37. The monoisotopic (exact) mass is 393 g/mol. The van der Waals surface area contributed by atoms with Gasteiger partial charge in [0.1, 0.15) is 5.82 Å². The van der Waals surface area contributed by atoms with E-state index in [1.54, 1.807) is 0 Å². The van der Waals surface area contributed by atoms with Gasteiger partial charge >= 0.3 is 0 Å². The first kappa shape index (κ1) is 18.5. The van der Waals surface area contributed by atoms with Crippen LogP contribution in [0.15, 0.2) is 41.3 Å². The van der Waals surface area contributed by atoms with Crippen LogP contribution in [-0.2, 0) is 10.0 Å². The quantitative estimate of drug-likeness (QED) is 0.655. The molecule has 0 radical (unpaired) electrons. The number of carbonyl (C=O) groups is 1. The van der Waals surface area contributed by atoms with Gasteiger partial charge in [0.15, 0.2) is 11.5 Å². The molecule has 142 valence electrons. The van der Waals surface area contributed by atoms with Crippen molar-refractivity contribution in [3.63, 3.8) is 0 Å². The van der Waals surface area contributed by atoms with E-state index in [0.717, 1.165) is 24.3 Å². The minimum Gasteiger partial charge on any atom is -0.543 e. The summed E-state index contributed by atoms with van der Waals surface area (Å²) in [5, 5.41) is 11.7. The van der Waals surface area contributed by atoms with Gasteiger partial charge in [0.25, 0.3) is 10.0 Å². The van der Waals surface area contributed by atoms with Gasteiger partial charge in [-0.1, -0.05) is 0 Å². The fourth-order valence-corrected chi connectivity index (χ4v) is 3.68. The topological polar surface area (TPSA) is 121 Å². The number of carbonyl (C=O) groups excluding carboxylic acids is 1. The number of nitrogens with one attached hydrogen (secondary N) is 2. The average molecular weight is 393 g/mol. The van der Waals surface area contributed by atoms with Crippen LogP contribution in [0.3, 0.4) is 0 Å². The van der Waals surface area contributed by atoms with Gasteiger partial charge in [-0.25, -0.2) is 12.8 Å². The van der Waals surface area contributed by atoms with Crippen molar-refractivity contribution in [3.8, 4) is 11.5 Å². The molecule has 1 heterocycles. The first-order valence-corrected chi connectivity index (χ1v) is 9.02. The van der Waals surface area contributed by atoms with Crippen molar-refractivity contribution in [2.45, 2.75) is 4.90 Å². The Morgan fingerprint density at radius 1 is 1.11 bits per heavy atom. The number of methoxy groups -OCH3 is 2. The van der Waals surface area contributed by atoms with Gasteiger partial charge < -0.3 is 24.4 Å². The molecule has 2 aromatic carbocycles. The van der Waals surface area contributed by atoms with Gasteiger partial charge in [-0.2, -0.15) is 0 Å². The molecule has 0 atom stereocenters. The Kier molecular flexibility index (Phi) is 4.66. The van der Waals surface area contributed by atoms with Gasteiger partial charge in [0, 0.05) is 11.5 Å². The van der Waals surface area contributed by atoms with Crippen LogP contribution in [0.25, 0.3) is 10.9 Å². The molecular weight excluding hydrogens is 379 g/mol. The molecule has 8 nitrogen and oxygen atoms in total. The van der Waals surface area contributed by atoms with Crippen molar-refractivity contribution in [1.29, 1.82) is 0 Å². The number of aromatic carboxylic acids is 1. The van der Waals surface area contributed by atoms with E-state index >= 15 is 0 Å². The second kappa shape index (κ2) is 6.80. The van der Waals surface area contributed by atoms with Crippen molar-refractivity contribution >= 4 is 32.6 Å². The summed E-state index contributed by atoms with van der Waals surface area (Å²) >= 11 is 0. The van der Waals surface area contributed by atoms with Crippen molar-refractivity contribution < 1.29 is 32.2 Å². The Balaban J connectivity index is 2.18. The number of H-pyrrole nitrogens is 1. The third kappa shape index (κ3) is 3.38. The third-order valence-electron chi connectivity index (χ3n) is 3.87. The molecule has 0 fully saturated rings. The summed E-state index contributed by atoms with van der Waals surface area (Å²) in [5.74, 6) is -1.62. The second-order valence-electron chi connectivity index (χ2n) is 5.47. The zero-order valence-electron chi connectivity index (χ0n) is 14.2. The lowest BCUT2D eigenvalue weighted by Gasteiger charge is -2.11. The maximum Gasteiger partial charge on any atom is 0.261 e. The summed E-state index contributed by atoms with van der Waals surface area (Å²) in [4.78, 5) is 13.8. The summed E-state index contributed by atoms with van der Waals surface area (Å²) in [6.45, 7) is 0. The number of halogens is 1. The Bertz CT molecular complexity index is 1120. The molecule has 0 unspecified atom stereocenters. The number of anilines is 1. The zero-order valence-corrected chi connectivity index (χ0v) is 15.0. The molecule has 0 saturated carbocycles. The Labute approximate surface area is 153 Å². The molecule has 3 aromatic rings. The lowest BCUT2D eigenvalue weighted by atomic mass is 10.2. The fraction of sp³-hybridized carbons (Fsp3) is 0.118. The number of rotatable bonds is 6. The summed E-state index contributed by atoms with van der Waals surface area (Å²) in [5.41, 5.74) is -0.398. The molecule has 2 N–H and O–H groups in total. The van der Waals surface area contributed by atoms with Gasteiger partial charge in [-0.05, 0) is 30.3 Å². The number of carboxylic acids is 1. The molecule has 1 aromatic heterocycles. The maximum atomic E-state index is 13.1. The summed E-state index contributed by atoms with van der Waals surface area (Å²) in [7, 11) is -1.39. The highest BCUT2D eigenvalue weighted by molar-refractivity contribution is 7.92. The minimum atomic E-state index is -4.18. The van der Waals surface area contributed by atoms with Crippen LogP contribution in [0.5, 0.6) is 11.5 Å². The molecule has 0 saturated heterocycles. The predicted octanol–water partition coefficient (Wildman–Crippen LogP) is 1.49. The first-order chi connectivity index (χ1) is 12.8. The molecule has 0 amide bonds. The van der Waals surface area contributed by atoms with Gasteiger partial charge in [0.05, 0.1) is 42.0 Å². The van der Waals surface area contributed by atoms with E-state index in [1.807, 2.05) is 0 Å². The molecule has 3 rings (SSSR count). The van der Waals surface area contributed by atoms with Gasteiger partial charge in [-0.15, -0.1) is 0 Å². The highest BCUT2D eigenvalue weighted by atomic mass is 32.2. The van der Waals surface area contributed by atoms with E-state index in [0.29, 0.717) is 11.3 Å². The molecule has 27 heavy (non-hydrogen) atoms. The van der Waals surface area contributed by atoms with Crippen LogP contribution < -0.4 is 19.3 Å². The fourth-order valence-electron chi connectivity index (χ4n) is 2.59. The van der Waals surface area contributed by atoms with Crippen molar-refractivity contribution in [1.82, 2.24) is 4.98 Å². The van der Waals surface area contributed by atoms with Crippen LogP contribution in [0.2, 0.25) is 0 Å². The SMILES string of the molecule is COc1cc2[nH]c(C(=O)[O-])c(NS(=O)(=O)c3ccc(F)cc3)c2cc1OC. The number of benzene rings is 2. The van der Waals surface area contributed by atoms with Crippen LogP contribution in [0, 0.1) is 5.82 Å². The number of carboxylic acid groups (broad SMARTS) is 1. The van der Waals surface area contributed by atoms with E-state index in [1.165, 1.54) is 26.4 Å². The molecule has 0 aliphatic carbocycles. The Hall–Kier alpha value is -3.27. The summed E-state index contributed by atoms with van der Waals surface area (Å²) in [6, 6.07) is 6.99. The zero-order chi connectivity index (χ0) is 19.8. The molecule has 0 spiro atoms. The Morgan fingerprint density at radius 2 is 1.70 bits per heavy atom. The maximum absolute atomic E-state index is 13.1. The number of hydrogen-bond donors (Lipinski definition) is 2. The standard InChI is InChI=1S/C17H15FN2O6S/c1-25-13-7-11-12(8-14(13)26-2)19-16(17(21)22)15(11)20-27(23,24)10-5-3-9(18)4-6-10/h3-8,19-20H,1-2H3,(H,21,22)/p-1. The summed E-state index contributed by atoms with van der Waals surface area (Å²) < 4.78 is 50.8. The lowest BCUT2D eigenvalue weighted by Crippen LogP contribution is -2.25. The molecule has 0 aliphatic rings. The van der Waals surface area contributed by atoms with Gasteiger partial charge in [0.2, 0.25) is 0 Å². The van der Waals surface area contributed by atoms with E-state index in [4.69, 9.17) is 9.47 Å². The van der Waals surface area contributed by atoms with Crippen LogP contribution in [0.4, 0.5) is 10.1 Å². The van der Waals surface area contributed by atoms with E-state index in [2.05, 4.69) is 9.71 Å². The first-order valence-electron chi connectivity index (χ1n) is 7.54. The average Bonchev–Trinajstić information content (AvgIpc) is 2.98. The van der Waals surface area contributed by atoms with Crippen LogP contribution >= 0.6 is 0 Å². The van der Waals surface area contributed by atoms with Gasteiger partial charge in [-0.3, -0.25) is 4.72 Å². The van der Waals surface area contributed by atoms with E-state index < -0.39 is 27.5 Å². The minimum absolute atomic E-state index is 0.227. The predicted molar refractivity (Wildman–Crippen MR) is 92.9 cm³/mol. The number of sulfonamides is 1. The van der Waals surface area contributed by atoms with Crippen molar-refractivity contribution in [2.75, 3.05) is 18.9 Å². The normalized spacial score (nSPS) is 11.4. The smallest absolute Gasteiger partial charge is 0.261 e. The number of hydrogen-bond acceptors (Lipinski definition) is 6. The molecule has 10 heteroatoms. The second-order valence-corrected chi connectivity index (χ2v) is 7.16. The van der Waals surface area contributed by atoms with Crippen LogP contribution in [0.1, 0.15) is 10.5 Å². The lowest BCUT2D eigenvalue weighted by molar-refractivity contribution is -0.255.